The second-order valence-electron chi connectivity index (χ2n) is 8.78. The van der Waals surface area contributed by atoms with Gasteiger partial charge in [0, 0.05) is 64.6 Å². The Morgan fingerprint density at radius 3 is 2.42 bits per heavy atom. The SMILES string of the molecule is COc1ccc(NC(=O)N2CCN(CCc3ccccc3F)CC2)cc1N1CCN(C)CC1. The van der Waals surface area contributed by atoms with Crippen LogP contribution in [0.1, 0.15) is 5.56 Å². The Bertz CT molecular complexity index is 940. The molecule has 8 heteroatoms. The summed E-state index contributed by atoms with van der Waals surface area (Å²) in [6.07, 6.45) is 0.680. The molecule has 0 unspecified atom stereocenters. The van der Waals surface area contributed by atoms with Crippen LogP contribution < -0.4 is 15.0 Å². The number of amides is 2. The van der Waals surface area contributed by atoms with E-state index in [1.54, 1.807) is 13.2 Å². The minimum Gasteiger partial charge on any atom is -0.495 e. The van der Waals surface area contributed by atoms with Crippen molar-refractivity contribution < 1.29 is 13.9 Å². The summed E-state index contributed by atoms with van der Waals surface area (Å²) in [5.41, 5.74) is 2.53. The van der Waals surface area contributed by atoms with E-state index in [0.717, 1.165) is 68.5 Å². The fourth-order valence-electron chi connectivity index (χ4n) is 4.42. The Kier molecular flexibility index (Phi) is 7.67. The molecule has 178 valence electrons. The third-order valence-electron chi connectivity index (χ3n) is 6.59. The monoisotopic (exact) mass is 455 g/mol. The van der Waals surface area contributed by atoms with E-state index in [2.05, 4.69) is 27.1 Å². The molecule has 1 N–H and O–H groups in total. The predicted octanol–water partition coefficient (Wildman–Crippen LogP) is 2.98. The first-order chi connectivity index (χ1) is 16.0. The van der Waals surface area contributed by atoms with Gasteiger partial charge in [-0.1, -0.05) is 18.2 Å². The van der Waals surface area contributed by atoms with Crippen LogP contribution in [-0.2, 0) is 6.42 Å². The van der Waals surface area contributed by atoms with Crippen molar-refractivity contribution in [3.8, 4) is 5.75 Å². The van der Waals surface area contributed by atoms with Gasteiger partial charge >= 0.3 is 6.03 Å². The van der Waals surface area contributed by atoms with Gasteiger partial charge in [0.25, 0.3) is 0 Å². The summed E-state index contributed by atoms with van der Waals surface area (Å²) in [6, 6.07) is 12.7. The van der Waals surface area contributed by atoms with Gasteiger partial charge in [-0.3, -0.25) is 4.90 Å². The lowest BCUT2D eigenvalue weighted by molar-refractivity contribution is 0.148. The average molecular weight is 456 g/mol. The number of likely N-dealkylation sites (N-methyl/N-ethyl adjacent to an activating group) is 1. The largest absolute Gasteiger partial charge is 0.495 e. The van der Waals surface area contributed by atoms with Crippen LogP contribution in [0.2, 0.25) is 0 Å². The molecule has 33 heavy (non-hydrogen) atoms. The summed E-state index contributed by atoms with van der Waals surface area (Å²) in [5.74, 6) is 0.673. The van der Waals surface area contributed by atoms with Crippen molar-refractivity contribution in [2.75, 3.05) is 83.3 Å². The number of urea groups is 1. The number of hydrogen-bond acceptors (Lipinski definition) is 5. The number of rotatable bonds is 6. The summed E-state index contributed by atoms with van der Waals surface area (Å²) < 4.78 is 19.4. The lowest BCUT2D eigenvalue weighted by Gasteiger charge is -2.35. The molecule has 2 saturated heterocycles. The van der Waals surface area contributed by atoms with Gasteiger partial charge in [0.15, 0.2) is 0 Å². The molecule has 2 aliphatic rings. The van der Waals surface area contributed by atoms with Crippen LogP contribution in [0.25, 0.3) is 0 Å². The minimum absolute atomic E-state index is 0.0850. The number of carbonyl (C=O) groups is 1. The number of benzene rings is 2. The van der Waals surface area contributed by atoms with Crippen molar-refractivity contribution in [2.45, 2.75) is 6.42 Å². The van der Waals surface area contributed by atoms with Gasteiger partial charge in [0.05, 0.1) is 12.8 Å². The van der Waals surface area contributed by atoms with E-state index in [1.165, 1.54) is 6.07 Å². The highest BCUT2D eigenvalue weighted by atomic mass is 19.1. The zero-order valence-corrected chi connectivity index (χ0v) is 19.6. The van der Waals surface area contributed by atoms with E-state index >= 15 is 0 Å². The van der Waals surface area contributed by atoms with Crippen molar-refractivity contribution >= 4 is 17.4 Å². The van der Waals surface area contributed by atoms with Crippen molar-refractivity contribution in [3.05, 3.63) is 53.8 Å². The first-order valence-corrected chi connectivity index (χ1v) is 11.7. The minimum atomic E-state index is -0.147. The van der Waals surface area contributed by atoms with Crippen LogP contribution in [0.4, 0.5) is 20.6 Å². The number of halogens is 1. The van der Waals surface area contributed by atoms with Gasteiger partial charge in [0.1, 0.15) is 11.6 Å². The summed E-state index contributed by atoms with van der Waals surface area (Å²) in [5, 5.41) is 3.06. The zero-order chi connectivity index (χ0) is 23.2. The topological polar surface area (TPSA) is 51.3 Å². The molecule has 2 amide bonds. The molecule has 0 saturated carbocycles. The zero-order valence-electron chi connectivity index (χ0n) is 19.6. The van der Waals surface area contributed by atoms with Crippen molar-refractivity contribution in [3.63, 3.8) is 0 Å². The molecule has 0 aliphatic carbocycles. The van der Waals surface area contributed by atoms with E-state index in [4.69, 9.17) is 4.74 Å². The number of methoxy groups -OCH3 is 1. The molecule has 0 atom stereocenters. The van der Waals surface area contributed by atoms with Gasteiger partial charge in [-0.15, -0.1) is 0 Å². The van der Waals surface area contributed by atoms with E-state index in [0.29, 0.717) is 19.5 Å². The average Bonchev–Trinajstić information content (AvgIpc) is 2.84. The van der Waals surface area contributed by atoms with E-state index < -0.39 is 0 Å². The Balaban J connectivity index is 1.30. The summed E-state index contributed by atoms with van der Waals surface area (Å²) in [4.78, 5) is 21.6. The third-order valence-corrected chi connectivity index (χ3v) is 6.59. The highest BCUT2D eigenvalue weighted by Gasteiger charge is 2.22. The quantitative estimate of drug-likeness (QED) is 0.726. The van der Waals surface area contributed by atoms with Crippen LogP contribution in [-0.4, -0.2) is 93.8 Å². The number of hydrogen-bond donors (Lipinski definition) is 1. The Labute approximate surface area is 195 Å². The summed E-state index contributed by atoms with van der Waals surface area (Å²) in [7, 11) is 3.81. The molecule has 2 aromatic rings. The van der Waals surface area contributed by atoms with Gasteiger partial charge in [-0.05, 0) is 43.3 Å². The molecule has 0 spiro atoms. The number of nitrogens with one attached hydrogen (secondary N) is 1. The van der Waals surface area contributed by atoms with Crippen LogP contribution in [0.15, 0.2) is 42.5 Å². The fourth-order valence-corrected chi connectivity index (χ4v) is 4.42. The maximum atomic E-state index is 13.8. The molecule has 7 nitrogen and oxygen atoms in total. The second-order valence-corrected chi connectivity index (χ2v) is 8.78. The molecule has 2 aliphatic heterocycles. The van der Waals surface area contributed by atoms with Gasteiger partial charge < -0.3 is 24.8 Å². The maximum absolute atomic E-state index is 13.8. The highest BCUT2D eigenvalue weighted by molar-refractivity contribution is 5.90. The number of piperazine rings is 2. The predicted molar refractivity (Wildman–Crippen MR) is 130 cm³/mol. The first-order valence-electron chi connectivity index (χ1n) is 11.7. The molecule has 0 aromatic heterocycles. The molecule has 2 fully saturated rings. The lowest BCUT2D eigenvalue weighted by Crippen LogP contribution is -2.50. The number of carbonyl (C=O) groups excluding carboxylic acids is 1. The highest BCUT2D eigenvalue weighted by Crippen LogP contribution is 2.32. The van der Waals surface area contributed by atoms with E-state index in [9.17, 15) is 9.18 Å². The second kappa shape index (κ2) is 10.9. The molecule has 0 bridgehead atoms. The van der Waals surface area contributed by atoms with Crippen molar-refractivity contribution in [1.29, 1.82) is 0 Å². The number of anilines is 2. The Hall–Kier alpha value is -2.84. The number of nitrogens with zero attached hydrogens (tertiary/aromatic N) is 4. The fraction of sp³-hybridized carbons (Fsp3) is 0.480. The molecule has 2 aromatic carbocycles. The van der Waals surface area contributed by atoms with E-state index in [1.807, 2.05) is 35.2 Å². The standard InChI is InChI=1S/C25H34FN5O2/c1-28-11-15-30(16-12-28)23-19-21(7-8-24(23)33-2)27-25(32)31-17-13-29(14-18-31)10-9-20-5-3-4-6-22(20)26/h3-8,19H,9-18H2,1-2H3,(H,27,32). The summed E-state index contributed by atoms with van der Waals surface area (Å²) in [6.45, 7) is 7.55. The van der Waals surface area contributed by atoms with Crippen LogP contribution in [0.3, 0.4) is 0 Å². The van der Waals surface area contributed by atoms with Crippen LogP contribution in [0.5, 0.6) is 5.75 Å². The molecule has 0 radical (unpaired) electrons. The van der Waals surface area contributed by atoms with E-state index in [-0.39, 0.29) is 11.8 Å². The first kappa shape index (κ1) is 23.3. The normalized spacial score (nSPS) is 17.8. The Morgan fingerprint density at radius 2 is 1.73 bits per heavy atom. The van der Waals surface area contributed by atoms with Crippen molar-refractivity contribution in [1.82, 2.24) is 14.7 Å². The summed E-state index contributed by atoms with van der Waals surface area (Å²) >= 11 is 0. The van der Waals surface area contributed by atoms with Crippen LogP contribution >= 0.6 is 0 Å². The lowest BCUT2D eigenvalue weighted by atomic mass is 10.1. The van der Waals surface area contributed by atoms with Gasteiger partial charge in [-0.2, -0.15) is 0 Å². The molecule has 2 heterocycles. The van der Waals surface area contributed by atoms with Crippen molar-refractivity contribution in [2.24, 2.45) is 0 Å². The van der Waals surface area contributed by atoms with Gasteiger partial charge in [-0.25, -0.2) is 9.18 Å². The third kappa shape index (κ3) is 5.94. The van der Waals surface area contributed by atoms with Gasteiger partial charge in [0.2, 0.25) is 0 Å². The number of ether oxygens (including phenoxy) is 1. The maximum Gasteiger partial charge on any atom is 0.321 e. The van der Waals surface area contributed by atoms with Crippen LogP contribution in [0, 0.1) is 5.82 Å². The smallest absolute Gasteiger partial charge is 0.321 e. The molecular formula is C25H34FN5O2. The molecule has 4 rings (SSSR count). The molecular weight excluding hydrogens is 421 g/mol. The Morgan fingerprint density at radius 1 is 1.00 bits per heavy atom.